The minimum absolute atomic E-state index is 0.0724. The van der Waals surface area contributed by atoms with Crippen LogP contribution in [0.1, 0.15) is 38.7 Å². The topological polar surface area (TPSA) is 78.4 Å². The number of carbonyl (C=O) groups is 2. The number of rotatable bonds is 3. The number of anilines is 2. The Labute approximate surface area is 160 Å². The standard InChI is InChI=1S/C21H18N2O3S/c1-12-18-16(13-7-9-15(24)10-8-13)11-17(25)23-21(18)27-19(12)20(26)22-14-5-3-2-4-6-14/h2-10,16,24H,11H2,1H3,(H,22,26)(H,23,25)/t16-/m0/s1. The SMILES string of the molecule is Cc1c(C(=O)Nc2ccccc2)sc2c1[C@H](c1ccc(O)cc1)CC(=O)N2. The number of carbonyl (C=O) groups excluding carboxylic acids is 2. The lowest BCUT2D eigenvalue weighted by atomic mass is 9.85. The van der Waals surface area contributed by atoms with E-state index in [0.29, 0.717) is 11.3 Å². The van der Waals surface area contributed by atoms with Gasteiger partial charge < -0.3 is 15.7 Å². The highest BCUT2D eigenvalue weighted by atomic mass is 32.1. The second-order valence-electron chi connectivity index (χ2n) is 6.52. The summed E-state index contributed by atoms with van der Waals surface area (Å²) in [4.78, 5) is 25.6. The number of thiophene rings is 1. The molecule has 1 aromatic heterocycles. The Hall–Kier alpha value is -3.12. The molecule has 136 valence electrons. The highest BCUT2D eigenvalue weighted by molar-refractivity contribution is 7.18. The summed E-state index contributed by atoms with van der Waals surface area (Å²) in [6.07, 6.45) is 0.315. The number of aromatic hydroxyl groups is 1. The van der Waals surface area contributed by atoms with Crippen molar-refractivity contribution in [2.75, 3.05) is 10.6 Å². The summed E-state index contributed by atoms with van der Waals surface area (Å²) >= 11 is 1.30. The van der Waals surface area contributed by atoms with Gasteiger partial charge in [-0.15, -0.1) is 11.3 Å². The van der Waals surface area contributed by atoms with E-state index in [2.05, 4.69) is 10.6 Å². The van der Waals surface area contributed by atoms with Crippen molar-refractivity contribution in [1.29, 1.82) is 0 Å². The van der Waals surface area contributed by atoms with E-state index in [0.717, 1.165) is 27.4 Å². The number of phenols is 1. The zero-order valence-corrected chi connectivity index (χ0v) is 15.5. The summed E-state index contributed by atoms with van der Waals surface area (Å²) < 4.78 is 0. The molecule has 0 aliphatic carbocycles. The summed E-state index contributed by atoms with van der Waals surface area (Å²) in [5, 5.41) is 16.1. The summed E-state index contributed by atoms with van der Waals surface area (Å²) in [5.74, 6) is -0.207. The maximum absolute atomic E-state index is 12.8. The maximum atomic E-state index is 12.8. The molecule has 27 heavy (non-hydrogen) atoms. The lowest BCUT2D eigenvalue weighted by molar-refractivity contribution is -0.116. The normalized spacial score (nSPS) is 15.7. The third-order valence-corrected chi connectivity index (χ3v) is 5.94. The second kappa shape index (κ2) is 6.89. The second-order valence-corrected chi connectivity index (χ2v) is 7.54. The monoisotopic (exact) mass is 378 g/mol. The molecule has 0 spiro atoms. The molecule has 0 saturated heterocycles. The molecule has 0 bridgehead atoms. The Balaban J connectivity index is 1.71. The van der Waals surface area contributed by atoms with E-state index in [1.54, 1.807) is 12.1 Å². The van der Waals surface area contributed by atoms with E-state index in [9.17, 15) is 14.7 Å². The van der Waals surface area contributed by atoms with Crippen LogP contribution in [0.3, 0.4) is 0 Å². The van der Waals surface area contributed by atoms with Gasteiger partial charge >= 0.3 is 0 Å². The van der Waals surface area contributed by atoms with Gasteiger partial charge in [-0.3, -0.25) is 9.59 Å². The highest BCUT2D eigenvalue weighted by Gasteiger charge is 2.32. The van der Waals surface area contributed by atoms with Crippen molar-refractivity contribution >= 4 is 33.8 Å². The lowest BCUT2D eigenvalue weighted by Gasteiger charge is -2.24. The molecule has 1 aliphatic rings. The fourth-order valence-electron chi connectivity index (χ4n) is 3.42. The lowest BCUT2D eigenvalue weighted by Crippen LogP contribution is -2.22. The van der Waals surface area contributed by atoms with E-state index >= 15 is 0 Å². The fourth-order valence-corrected chi connectivity index (χ4v) is 4.60. The van der Waals surface area contributed by atoms with E-state index < -0.39 is 0 Å². The first-order chi connectivity index (χ1) is 13.0. The predicted molar refractivity (Wildman–Crippen MR) is 107 cm³/mol. The van der Waals surface area contributed by atoms with E-state index in [-0.39, 0.29) is 23.5 Å². The Bertz CT molecular complexity index is 1010. The van der Waals surface area contributed by atoms with E-state index in [4.69, 9.17) is 0 Å². The Morgan fingerprint density at radius 1 is 1.15 bits per heavy atom. The third kappa shape index (κ3) is 3.31. The number of nitrogens with one attached hydrogen (secondary N) is 2. The summed E-state index contributed by atoms with van der Waals surface area (Å²) in [5.41, 5.74) is 3.53. The molecule has 3 N–H and O–H groups in total. The molecule has 1 aliphatic heterocycles. The molecule has 4 rings (SSSR count). The first-order valence-corrected chi connectivity index (χ1v) is 9.43. The number of benzene rings is 2. The largest absolute Gasteiger partial charge is 0.508 e. The number of fused-ring (bicyclic) bond motifs is 1. The average molecular weight is 378 g/mol. The van der Waals surface area contributed by atoms with E-state index in [1.807, 2.05) is 49.4 Å². The highest BCUT2D eigenvalue weighted by Crippen LogP contribution is 2.45. The van der Waals surface area contributed by atoms with Gasteiger partial charge in [0.1, 0.15) is 5.75 Å². The molecule has 2 amide bonds. The van der Waals surface area contributed by atoms with Crippen LogP contribution < -0.4 is 10.6 Å². The molecule has 0 radical (unpaired) electrons. The van der Waals surface area contributed by atoms with Crippen molar-refractivity contribution in [1.82, 2.24) is 0 Å². The van der Waals surface area contributed by atoms with Crippen molar-refractivity contribution in [3.05, 3.63) is 76.2 Å². The molecular formula is C21H18N2O3S. The van der Waals surface area contributed by atoms with Crippen LogP contribution in [0.15, 0.2) is 54.6 Å². The smallest absolute Gasteiger partial charge is 0.266 e. The zero-order chi connectivity index (χ0) is 19.0. The van der Waals surface area contributed by atoms with Crippen LogP contribution in [0.5, 0.6) is 5.75 Å². The summed E-state index contributed by atoms with van der Waals surface area (Å²) in [6.45, 7) is 1.92. The molecule has 0 saturated carbocycles. The minimum atomic E-state index is -0.184. The minimum Gasteiger partial charge on any atom is -0.508 e. The van der Waals surface area contributed by atoms with Crippen molar-refractivity contribution in [3.63, 3.8) is 0 Å². The van der Waals surface area contributed by atoms with Crippen LogP contribution in [-0.4, -0.2) is 16.9 Å². The maximum Gasteiger partial charge on any atom is 0.266 e. The molecule has 2 heterocycles. The first-order valence-electron chi connectivity index (χ1n) is 8.61. The first kappa shape index (κ1) is 17.3. The number of phenolic OH excluding ortho intramolecular Hbond substituents is 1. The van der Waals surface area contributed by atoms with Gasteiger partial charge in [0.05, 0.1) is 9.88 Å². The van der Waals surface area contributed by atoms with E-state index in [1.165, 1.54) is 11.3 Å². The van der Waals surface area contributed by atoms with Crippen LogP contribution in [0.25, 0.3) is 0 Å². The van der Waals surface area contributed by atoms with Crippen LogP contribution in [-0.2, 0) is 4.79 Å². The number of para-hydroxylation sites is 1. The molecule has 0 fully saturated rings. The number of amides is 2. The summed E-state index contributed by atoms with van der Waals surface area (Å²) in [7, 11) is 0. The van der Waals surface area contributed by atoms with Gasteiger partial charge in [0.15, 0.2) is 0 Å². The molecule has 5 nitrogen and oxygen atoms in total. The molecule has 2 aromatic carbocycles. The predicted octanol–water partition coefficient (Wildman–Crippen LogP) is 4.49. The van der Waals surface area contributed by atoms with Gasteiger partial charge in [-0.05, 0) is 47.9 Å². The van der Waals surface area contributed by atoms with Crippen molar-refractivity contribution in [3.8, 4) is 5.75 Å². The molecular weight excluding hydrogens is 360 g/mol. The Morgan fingerprint density at radius 2 is 1.85 bits per heavy atom. The van der Waals surface area contributed by atoms with Gasteiger partial charge in [-0.25, -0.2) is 0 Å². The summed E-state index contributed by atoms with van der Waals surface area (Å²) in [6, 6.07) is 16.2. The molecule has 1 atom stereocenters. The van der Waals surface area contributed by atoms with Gasteiger partial charge in [-0.2, -0.15) is 0 Å². The van der Waals surface area contributed by atoms with Gasteiger partial charge in [-0.1, -0.05) is 30.3 Å². The van der Waals surface area contributed by atoms with Crippen molar-refractivity contribution < 1.29 is 14.7 Å². The number of hydrogen-bond donors (Lipinski definition) is 3. The van der Waals surface area contributed by atoms with Crippen LogP contribution in [0.4, 0.5) is 10.7 Å². The fraction of sp³-hybridized carbons (Fsp3) is 0.143. The third-order valence-electron chi connectivity index (χ3n) is 4.72. The van der Waals surface area contributed by atoms with Crippen molar-refractivity contribution in [2.45, 2.75) is 19.3 Å². The van der Waals surface area contributed by atoms with Crippen LogP contribution in [0, 0.1) is 6.92 Å². The molecule has 0 unspecified atom stereocenters. The van der Waals surface area contributed by atoms with Crippen LogP contribution in [0.2, 0.25) is 0 Å². The number of hydrogen-bond acceptors (Lipinski definition) is 4. The zero-order valence-electron chi connectivity index (χ0n) is 14.7. The van der Waals surface area contributed by atoms with Crippen LogP contribution >= 0.6 is 11.3 Å². The Kier molecular flexibility index (Phi) is 4.41. The average Bonchev–Trinajstić information content (AvgIpc) is 2.99. The molecule has 3 aromatic rings. The Morgan fingerprint density at radius 3 is 2.56 bits per heavy atom. The van der Waals surface area contributed by atoms with Gasteiger partial charge in [0.25, 0.3) is 5.91 Å². The van der Waals surface area contributed by atoms with Crippen molar-refractivity contribution in [2.24, 2.45) is 0 Å². The van der Waals surface area contributed by atoms with Gasteiger partial charge in [0.2, 0.25) is 5.91 Å². The molecule has 6 heteroatoms. The van der Waals surface area contributed by atoms with Gasteiger partial charge in [0, 0.05) is 18.0 Å². The quantitative estimate of drug-likeness (QED) is 0.628.